The molecular weight excluding hydrogens is 438 g/mol. The van der Waals surface area contributed by atoms with Crippen molar-refractivity contribution in [3.05, 3.63) is 35.9 Å². The number of ether oxygens (including phenoxy) is 3. The monoisotopic (exact) mass is 480 g/mol. The van der Waals surface area contributed by atoms with Gasteiger partial charge in [0.25, 0.3) is 0 Å². The van der Waals surface area contributed by atoms with Gasteiger partial charge in [0.05, 0.1) is 6.04 Å². The van der Waals surface area contributed by atoms with E-state index in [0.29, 0.717) is 37.9 Å². The number of nitrogens with one attached hydrogen (secondary N) is 2. The Balaban J connectivity index is 2.72. The van der Waals surface area contributed by atoms with Gasteiger partial charge in [-0.2, -0.15) is 0 Å². The molecule has 1 aromatic carbocycles. The fraction of sp³-hybridized carbons (Fsp3) is 0.625. The summed E-state index contributed by atoms with van der Waals surface area (Å²) in [6, 6.07) is 8.61. The van der Waals surface area contributed by atoms with Gasteiger partial charge in [0.1, 0.15) is 13.2 Å². The summed E-state index contributed by atoms with van der Waals surface area (Å²) in [5.41, 5.74) is 11.6. The highest BCUT2D eigenvalue weighted by Gasteiger charge is 2.25. The van der Waals surface area contributed by atoms with Gasteiger partial charge >= 0.3 is 6.09 Å². The number of nitrogens with zero attached hydrogens (tertiary/aromatic N) is 1. The Kier molecular flexibility index (Phi) is 15.0. The molecule has 10 heteroatoms. The van der Waals surface area contributed by atoms with Crippen LogP contribution in [0.1, 0.15) is 57.9 Å². The van der Waals surface area contributed by atoms with Gasteiger partial charge in [0.15, 0.2) is 13.7 Å². The molecule has 1 atom stereocenters. The maximum Gasteiger partial charge on any atom is 0.407 e. The Morgan fingerprint density at radius 1 is 1.06 bits per heavy atom. The lowest BCUT2D eigenvalue weighted by Gasteiger charge is -2.28. The van der Waals surface area contributed by atoms with Gasteiger partial charge in [-0.25, -0.2) is 4.79 Å². The molecule has 192 valence electrons. The molecule has 0 saturated carbocycles. The van der Waals surface area contributed by atoms with Crippen LogP contribution in [-0.2, 0) is 25.6 Å². The topological polar surface area (TPSA) is 150 Å². The van der Waals surface area contributed by atoms with Crippen LogP contribution in [0.15, 0.2) is 35.3 Å². The Morgan fingerprint density at radius 3 is 2.29 bits per heavy atom. The van der Waals surface area contributed by atoms with Crippen LogP contribution in [0.3, 0.4) is 0 Å². The van der Waals surface area contributed by atoms with Crippen LogP contribution >= 0.6 is 0 Å². The molecule has 6 N–H and O–H groups in total. The fourth-order valence-corrected chi connectivity index (χ4v) is 2.92. The smallest absolute Gasteiger partial charge is 0.407 e. The second kappa shape index (κ2) is 18.6. The number of rotatable bonds is 18. The Labute approximate surface area is 204 Å². The summed E-state index contributed by atoms with van der Waals surface area (Å²) < 4.78 is 24.9. The van der Waals surface area contributed by atoms with E-state index in [0.717, 1.165) is 31.2 Å². The maximum atomic E-state index is 12.7. The molecule has 10 nitrogen and oxygen atoms in total. The molecule has 0 aliphatic heterocycles. The van der Waals surface area contributed by atoms with E-state index in [1.165, 1.54) is 0 Å². The van der Waals surface area contributed by atoms with E-state index in [4.69, 9.17) is 27.1 Å². The minimum atomic E-state index is -0.914. The normalized spacial score (nSPS) is 12.0. The molecule has 0 bridgehead atoms. The zero-order valence-electron chi connectivity index (χ0n) is 21.4. The van der Waals surface area contributed by atoms with Crippen molar-refractivity contribution in [3.8, 4) is 0 Å². The number of nitrogens with two attached hydrogens (primary N) is 2. The van der Waals surface area contributed by atoms with Crippen LogP contribution in [0, 0.1) is 0 Å². The van der Waals surface area contributed by atoms with E-state index in [2.05, 4.69) is 24.2 Å². The van der Waals surface area contributed by atoms with Crippen LogP contribution in [0.5, 0.6) is 0 Å². The quantitative estimate of drug-likeness (QED) is 0.109. The van der Waals surface area contributed by atoms with Crippen molar-refractivity contribution in [3.63, 3.8) is 0 Å². The number of aliphatic imine (C=N–C) groups is 1. The Morgan fingerprint density at radius 2 is 1.71 bits per heavy atom. The summed E-state index contributed by atoms with van der Waals surface area (Å²) in [6.45, 7) is 5.02. The van der Waals surface area contributed by atoms with Crippen LogP contribution < -0.4 is 22.1 Å². The SMILES string of the molecule is [2H]N(CC(=O)N[C@@H](CCCN=C(N)N)C(OCCCC)OCCCC)C(=O)OCc1ccccc1. The number of carbonyl (C=O) groups is 2. The number of benzene rings is 1. The lowest BCUT2D eigenvalue weighted by Crippen LogP contribution is -2.49. The van der Waals surface area contributed by atoms with Crippen molar-refractivity contribution >= 4 is 18.0 Å². The second-order valence-corrected chi connectivity index (χ2v) is 7.80. The summed E-state index contributed by atoms with van der Waals surface area (Å²) in [5.74, 6) is -0.522. The summed E-state index contributed by atoms with van der Waals surface area (Å²) in [7, 11) is 0. The van der Waals surface area contributed by atoms with Crippen molar-refractivity contribution in [2.24, 2.45) is 16.5 Å². The number of unbranched alkanes of at least 4 members (excludes halogenated alkanes) is 2. The predicted molar refractivity (Wildman–Crippen MR) is 132 cm³/mol. The maximum absolute atomic E-state index is 12.7. The second-order valence-electron chi connectivity index (χ2n) is 7.80. The zero-order valence-corrected chi connectivity index (χ0v) is 20.4. The third kappa shape index (κ3) is 14.3. The van der Waals surface area contributed by atoms with Crippen LogP contribution in [0.2, 0.25) is 1.41 Å². The molecule has 0 aliphatic carbocycles. The molecular formula is C24H41N5O5. The third-order valence-corrected chi connectivity index (χ3v) is 4.76. The van der Waals surface area contributed by atoms with Gasteiger partial charge in [-0.1, -0.05) is 57.0 Å². The number of amides is 2. The van der Waals surface area contributed by atoms with E-state index in [-0.39, 0.29) is 12.6 Å². The van der Waals surface area contributed by atoms with Gasteiger partial charge in [-0.15, -0.1) is 0 Å². The Bertz CT molecular complexity index is 739. The molecule has 1 rings (SSSR count). The average molecular weight is 481 g/mol. The van der Waals surface area contributed by atoms with Crippen LogP contribution in [0.25, 0.3) is 0 Å². The number of guanidine groups is 1. The molecule has 0 saturated heterocycles. The molecule has 0 unspecified atom stereocenters. The van der Waals surface area contributed by atoms with Crippen molar-refractivity contribution < 1.29 is 25.2 Å². The molecule has 0 spiro atoms. The lowest BCUT2D eigenvalue weighted by atomic mass is 10.1. The van der Waals surface area contributed by atoms with E-state index in [9.17, 15) is 9.59 Å². The van der Waals surface area contributed by atoms with Crippen molar-refractivity contribution in [1.29, 1.82) is 0 Å². The van der Waals surface area contributed by atoms with Crippen LogP contribution in [0.4, 0.5) is 4.79 Å². The predicted octanol–water partition coefficient (Wildman–Crippen LogP) is 2.41. The Hall–Kier alpha value is -2.85. The molecule has 0 aliphatic rings. The van der Waals surface area contributed by atoms with Gasteiger partial charge in [-0.05, 0) is 31.2 Å². The first-order chi connectivity index (χ1) is 16.9. The highest BCUT2D eigenvalue weighted by atomic mass is 16.7. The minimum Gasteiger partial charge on any atom is -0.445 e. The fourth-order valence-electron chi connectivity index (χ4n) is 2.92. The van der Waals surface area contributed by atoms with Crippen molar-refractivity contribution in [2.75, 3.05) is 26.3 Å². The highest BCUT2D eigenvalue weighted by molar-refractivity contribution is 5.82. The van der Waals surface area contributed by atoms with Gasteiger partial charge in [0.2, 0.25) is 5.91 Å². The summed E-state index contributed by atoms with van der Waals surface area (Å²) in [6.07, 6.45) is 3.12. The number of hydrogen-bond donors (Lipinski definition) is 4. The van der Waals surface area contributed by atoms with Gasteiger partial charge in [0, 0.05) is 19.8 Å². The molecule has 0 fully saturated rings. The molecule has 0 aromatic heterocycles. The highest BCUT2D eigenvalue weighted by Crippen LogP contribution is 2.11. The lowest BCUT2D eigenvalue weighted by molar-refractivity contribution is -0.165. The van der Waals surface area contributed by atoms with Crippen LogP contribution in [-0.4, -0.2) is 56.6 Å². The first-order valence-electron chi connectivity index (χ1n) is 12.4. The third-order valence-electron chi connectivity index (χ3n) is 4.76. The van der Waals surface area contributed by atoms with E-state index in [1.807, 2.05) is 18.2 Å². The number of hydrogen-bond acceptors (Lipinski definition) is 6. The van der Waals surface area contributed by atoms with E-state index < -0.39 is 30.9 Å². The molecule has 0 radical (unpaired) electrons. The van der Waals surface area contributed by atoms with Gasteiger partial charge < -0.3 is 36.3 Å². The van der Waals surface area contributed by atoms with Crippen molar-refractivity contribution in [2.45, 2.75) is 71.3 Å². The first kappa shape index (κ1) is 27.4. The number of alkyl carbamates (subject to hydrolysis) is 1. The largest absolute Gasteiger partial charge is 0.445 e. The van der Waals surface area contributed by atoms with E-state index >= 15 is 0 Å². The summed E-state index contributed by atoms with van der Waals surface area (Å²) in [5, 5.41) is 3.34. The minimum absolute atomic E-state index is 0.000565. The standard InChI is InChI=1S/C24H41N5O5/c1-3-5-15-32-22(33-16-6-4-2)20(13-10-14-27-23(25)26)29-21(30)17-28-24(31)34-18-19-11-8-7-9-12-19/h7-9,11-12,20,22H,3-6,10,13-18H2,1-2H3,(H,28,31)(H,29,30)(H4,25,26,27)/t20-/m0/s1/i/hD. The van der Waals surface area contributed by atoms with Crippen molar-refractivity contribution in [1.82, 2.24) is 10.6 Å². The molecule has 0 heterocycles. The number of carbonyl (C=O) groups excluding carboxylic acids is 2. The first-order valence-corrected chi connectivity index (χ1v) is 11.9. The molecule has 34 heavy (non-hydrogen) atoms. The van der Waals surface area contributed by atoms with E-state index in [1.54, 1.807) is 12.1 Å². The van der Waals surface area contributed by atoms with Gasteiger partial charge in [-0.3, -0.25) is 9.79 Å². The molecule has 1 aromatic rings. The summed E-state index contributed by atoms with van der Waals surface area (Å²) in [4.78, 5) is 28.8. The average Bonchev–Trinajstić information content (AvgIpc) is 2.84. The zero-order chi connectivity index (χ0) is 25.9. The molecule has 2 amide bonds. The summed E-state index contributed by atoms with van der Waals surface area (Å²) >= 11 is 0.